The lowest BCUT2D eigenvalue weighted by molar-refractivity contribution is -0.123. The van der Waals surface area contributed by atoms with Gasteiger partial charge in [0.25, 0.3) is 11.8 Å². The van der Waals surface area contributed by atoms with E-state index in [0.717, 1.165) is 0 Å². The molecule has 0 fully saturated rings. The molecule has 0 aliphatic rings. The lowest BCUT2D eigenvalue weighted by atomic mass is 10.0. The lowest BCUT2D eigenvalue weighted by Crippen LogP contribution is -2.47. The number of amides is 3. The normalized spacial score (nSPS) is 12.2. The van der Waals surface area contributed by atoms with Crippen molar-refractivity contribution >= 4 is 23.4 Å². The van der Waals surface area contributed by atoms with E-state index >= 15 is 0 Å². The summed E-state index contributed by atoms with van der Waals surface area (Å²) in [5.74, 6) is -2.30. The molecule has 30 heavy (non-hydrogen) atoms. The minimum Gasteiger partial charge on any atom is -0.343 e. The molecule has 2 rings (SSSR count). The third-order valence-electron chi connectivity index (χ3n) is 4.15. The van der Waals surface area contributed by atoms with E-state index in [1.54, 1.807) is 49.5 Å². The number of carbonyl (C=O) groups is 3. The Morgan fingerprint density at radius 1 is 0.900 bits per heavy atom. The quantitative estimate of drug-likeness (QED) is 0.641. The molecule has 3 N–H and O–H groups in total. The van der Waals surface area contributed by atoms with Crippen molar-refractivity contribution in [3.05, 3.63) is 65.7 Å². The van der Waals surface area contributed by atoms with Crippen LogP contribution in [0.1, 0.15) is 34.6 Å². The summed E-state index contributed by atoms with van der Waals surface area (Å²) >= 11 is 0. The zero-order chi connectivity index (χ0) is 22.3. The number of rotatable bonds is 7. The number of nitrogens with one attached hydrogen (secondary N) is 3. The second kappa shape index (κ2) is 9.91. The summed E-state index contributed by atoms with van der Waals surface area (Å²) in [5.41, 5.74) is 0.302. The van der Waals surface area contributed by atoms with Crippen molar-refractivity contribution in [2.45, 2.75) is 26.1 Å². The Morgan fingerprint density at radius 3 is 2.10 bits per heavy atom. The zero-order valence-corrected chi connectivity index (χ0v) is 16.4. The van der Waals surface area contributed by atoms with E-state index in [9.17, 15) is 27.6 Å². The summed E-state index contributed by atoms with van der Waals surface area (Å²) in [5, 5.41) is 6.95. The molecule has 0 aliphatic heterocycles. The van der Waals surface area contributed by atoms with Crippen LogP contribution in [0.4, 0.5) is 18.9 Å². The molecular formula is C21H22F3N3O3. The van der Waals surface area contributed by atoms with Crippen LogP contribution in [0.3, 0.4) is 0 Å². The third-order valence-corrected chi connectivity index (χ3v) is 4.15. The molecule has 2 aromatic carbocycles. The predicted molar refractivity (Wildman–Crippen MR) is 106 cm³/mol. The molecule has 3 amide bonds. The average Bonchev–Trinajstić information content (AvgIpc) is 2.70. The minimum atomic E-state index is -4.56. The first-order valence-corrected chi connectivity index (χ1v) is 9.19. The first kappa shape index (κ1) is 22.9. The van der Waals surface area contributed by atoms with Crippen LogP contribution in [0.25, 0.3) is 0 Å². The second-order valence-electron chi connectivity index (χ2n) is 6.89. The maximum Gasteiger partial charge on any atom is 0.405 e. The minimum absolute atomic E-state index is 0.0433. The van der Waals surface area contributed by atoms with Crippen LogP contribution in [-0.4, -0.2) is 36.5 Å². The number of para-hydroxylation sites is 1. The number of anilines is 1. The largest absolute Gasteiger partial charge is 0.405 e. The van der Waals surface area contributed by atoms with Gasteiger partial charge in [-0.25, -0.2) is 0 Å². The number of halogens is 3. The average molecular weight is 421 g/mol. The Labute approximate surface area is 171 Å². The maximum absolute atomic E-state index is 12.8. The van der Waals surface area contributed by atoms with Crippen molar-refractivity contribution in [3.8, 4) is 0 Å². The fourth-order valence-corrected chi connectivity index (χ4v) is 2.63. The van der Waals surface area contributed by atoms with Crippen LogP contribution in [0.2, 0.25) is 0 Å². The Morgan fingerprint density at radius 2 is 1.50 bits per heavy atom. The molecule has 0 heterocycles. The highest BCUT2D eigenvalue weighted by Crippen LogP contribution is 2.18. The molecule has 0 radical (unpaired) electrons. The van der Waals surface area contributed by atoms with Gasteiger partial charge in [0.15, 0.2) is 0 Å². The van der Waals surface area contributed by atoms with Gasteiger partial charge in [-0.1, -0.05) is 44.2 Å². The first-order chi connectivity index (χ1) is 14.1. The first-order valence-electron chi connectivity index (χ1n) is 9.19. The van der Waals surface area contributed by atoms with Gasteiger partial charge < -0.3 is 16.0 Å². The van der Waals surface area contributed by atoms with Crippen molar-refractivity contribution in [3.63, 3.8) is 0 Å². The summed E-state index contributed by atoms with van der Waals surface area (Å²) in [6, 6.07) is 13.1. The molecule has 0 aliphatic carbocycles. The summed E-state index contributed by atoms with van der Waals surface area (Å²) in [6.07, 6.45) is -4.56. The van der Waals surface area contributed by atoms with Crippen molar-refractivity contribution < 1.29 is 27.6 Å². The van der Waals surface area contributed by atoms with E-state index in [1.165, 1.54) is 24.3 Å². The molecule has 2 aromatic rings. The van der Waals surface area contributed by atoms with Gasteiger partial charge >= 0.3 is 6.18 Å². The fraction of sp³-hybridized carbons (Fsp3) is 0.286. The zero-order valence-electron chi connectivity index (χ0n) is 16.4. The van der Waals surface area contributed by atoms with E-state index in [1.807, 2.05) is 0 Å². The van der Waals surface area contributed by atoms with Gasteiger partial charge in [0.2, 0.25) is 5.91 Å². The Kier molecular flexibility index (Phi) is 7.57. The topological polar surface area (TPSA) is 87.3 Å². The molecule has 1 atom stereocenters. The molecule has 9 heteroatoms. The van der Waals surface area contributed by atoms with Gasteiger partial charge in [-0.05, 0) is 30.2 Å². The molecule has 0 unspecified atom stereocenters. The number of carbonyl (C=O) groups excluding carboxylic acids is 3. The third kappa shape index (κ3) is 6.61. The monoisotopic (exact) mass is 421 g/mol. The van der Waals surface area contributed by atoms with E-state index in [0.29, 0.717) is 5.56 Å². The van der Waals surface area contributed by atoms with Crippen molar-refractivity contribution in [2.24, 2.45) is 5.92 Å². The molecule has 6 nitrogen and oxygen atoms in total. The number of hydrogen-bond donors (Lipinski definition) is 3. The summed E-state index contributed by atoms with van der Waals surface area (Å²) in [4.78, 5) is 37.3. The molecule has 0 bridgehead atoms. The summed E-state index contributed by atoms with van der Waals surface area (Å²) < 4.78 is 37.1. The highest BCUT2D eigenvalue weighted by Gasteiger charge is 2.29. The predicted octanol–water partition coefficient (Wildman–Crippen LogP) is 3.37. The van der Waals surface area contributed by atoms with Crippen LogP contribution >= 0.6 is 0 Å². The van der Waals surface area contributed by atoms with Crippen LogP contribution in [0.15, 0.2) is 54.6 Å². The van der Waals surface area contributed by atoms with E-state index in [-0.39, 0.29) is 17.2 Å². The Bertz CT molecular complexity index is 899. The van der Waals surface area contributed by atoms with Gasteiger partial charge in [-0.15, -0.1) is 0 Å². The van der Waals surface area contributed by atoms with Crippen molar-refractivity contribution in [1.82, 2.24) is 10.6 Å². The van der Waals surface area contributed by atoms with Crippen LogP contribution in [0, 0.1) is 5.92 Å². The van der Waals surface area contributed by atoms with Crippen LogP contribution in [0.5, 0.6) is 0 Å². The summed E-state index contributed by atoms with van der Waals surface area (Å²) in [7, 11) is 0. The van der Waals surface area contributed by atoms with Gasteiger partial charge in [0, 0.05) is 5.56 Å². The van der Waals surface area contributed by atoms with Crippen LogP contribution in [-0.2, 0) is 4.79 Å². The lowest BCUT2D eigenvalue weighted by Gasteiger charge is -2.22. The van der Waals surface area contributed by atoms with E-state index < -0.39 is 36.5 Å². The van der Waals surface area contributed by atoms with Crippen molar-refractivity contribution in [1.29, 1.82) is 0 Å². The van der Waals surface area contributed by atoms with E-state index in [4.69, 9.17) is 0 Å². The molecule has 0 aromatic heterocycles. The fourth-order valence-electron chi connectivity index (χ4n) is 2.63. The summed E-state index contributed by atoms with van der Waals surface area (Å²) in [6.45, 7) is 1.98. The number of alkyl halides is 3. The van der Waals surface area contributed by atoms with Gasteiger partial charge in [-0.3, -0.25) is 14.4 Å². The van der Waals surface area contributed by atoms with Crippen LogP contribution < -0.4 is 16.0 Å². The maximum atomic E-state index is 12.8. The molecule has 0 spiro atoms. The van der Waals surface area contributed by atoms with E-state index in [2.05, 4.69) is 10.6 Å². The molecule has 160 valence electrons. The highest BCUT2D eigenvalue weighted by molar-refractivity contribution is 6.06. The van der Waals surface area contributed by atoms with Crippen molar-refractivity contribution in [2.75, 3.05) is 11.9 Å². The molecule has 0 saturated heterocycles. The van der Waals surface area contributed by atoms with Gasteiger partial charge in [-0.2, -0.15) is 13.2 Å². The number of hydrogen-bond acceptors (Lipinski definition) is 3. The molecule has 0 saturated carbocycles. The molecular weight excluding hydrogens is 399 g/mol. The van der Waals surface area contributed by atoms with Gasteiger partial charge in [0.05, 0.1) is 11.3 Å². The Balaban J connectivity index is 2.14. The smallest absolute Gasteiger partial charge is 0.343 e. The highest BCUT2D eigenvalue weighted by atomic mass is 19.4. The Hall–Kier alpha value is -3.36. The number of benzene rings is 2. The standard InChI is InChI=1S/C21H22F3N3O3/c1-13(2)17(27-18(28)14-8-4-3-5-9-14)20(30)26-16-11-7-6-10-15(16)19(29)25-12-21(22,23)24/h3-11,13,17H,12H2,1-2H3,(H,25,29)(H,26,30)(H,27,28)/t17-/m0/s1. The SMILES string of the molecule is CC(C)[C@H](NC(=O)c1ccccc1)C(=O)Nc1ccccc1C(=O)NCC(F)(F)F. The second-order valence-corrected chi connectivity index (χ2v) is 6.89. The van der Waals surface area contributed by atoms with Gasteiger partial charge in [0.1, 0.15) is 12.6 Å².